The van der Waals surface area contributed by atoms with Crippen molar-refractivity contribution < 1.29 is 4.39 Å². The van der Waals surface area contributed by atoms with Gasteiger partial charge < -0.3 is 4.90 Å². The minimum Gasteiger partial charge on any atom is -0.326 e. The molecule has 3 nitrogen and oxygen atoms in total. The van der Waals surface area contributed by atoms with Gasteiger partial charge in [-0.2, -0.15) is 0 Å². The van der Waals surface area contributed by atoms with Crippen LogP contribution in [0.4, 0.5) is 15.9 Å². The second-order valence-corrected chi connectivity index (χ2v) is 5.14. The van der Waals surface area contributed by atoms with E-state index in [0.29, 0.717) is 11.7 Å². The molecule has 0 atom stereocenters. The summed E-state index contributed by atoms with van der Waals surface area (Å²) in [5.74, 6) is 0.640. The normalized spacial score (nSPS) is 10.9. The Balaban J connectivity index is 2.55. The third-order valence-electron chi connectivity index (χ3n) is 3.08. The Labute approximate surface area is 123 Å². The Morgan fingerprint density at radius 2 is 2.05 bits per heavy atom. The van der Waals surface area contributed by atoms with E-state index in [0.717, 1.165) is 17.1 Å². The van der Waals surface area contributed by atoms with E-state index < -0.39 is 0 Å². The standard InChI is InChI=1S/C15H17ClFN3/c1-4-20(12-7-5-6-11(17)8-12)15-13(10(2)3)14(16)18-9-19-15/h5-10H,4H2,1-3H3. The number of nitrogens with zero attached hydrogens (tertiary/aromatic N) is 3. The van der Waals surface area contributed by atoms with Gasteiger partial charge in [0.05, 0.1) is 0 Å². The van der Waals surface area contributed by atoms with Crippen LogP contribution in [0.5, 0.6) is 0 Å². The number of rotatable bonds is 4. The molecule has 2 aromatic rings. The van der Waals surface area contributed by atoms with E-state index in [-0.39, 0.29) is 11.7 Å². The monoisotopic (exact) mass is 293 g/mol. The summed E-state index contributed by atoms with van der Waals surface area (Å²) in [4.78, 5) is 10.3. The Morgan fingerprint density at radius 1 is 1.30 bits per heavy atom. The summed E-state index contributed by atoms with van der Waals surface area (Å²) in [5.41, 5.74) is 1.63. The third-order valence-corrected chi connectivity index (χ3v) is 3.38. The van der Waals surface area contributed by atoms with Crippen molar-refractivity contribution in [2.24, 2.45) is 0 Å². The quantitative estimate of drug-likeness (QED) is 0.774. The topological polar surface area (TPSA) is 29.0 Å². The van der Waals surface area contributed by atoms with Gasteiger partial charge in [0.15, 0.2) is 0 Å². The van der Waals surface area contributed by atoms with Gasteiger partial charge in [-0.3, -0.25) is 0 Å². The second kappa shape index (κ2) is 6.18. The van der Waals surface area contributed by atoms with E-state index >= 15 is 0 Å². The van der Waals surface area contributed by atoms with Gasteiger partial charge in [0.2, 0.25) is 0 Å². The molecule has 0 saturated heterocycles. The minimum absolute atomic E-state index is 0.182. The fraction of sp³-hybridized carbons (Fsp3) is 0.333. The van der Waals surface area contributed by atoms with Crippen LogP contribution >= 0.6 is 11.6 Å². The molecule has 0 N–H and O–H groups in total. The lowest BCUT2D eigenvalue weighted by Gasteiger charge is -2.26. The molecule has 0 saturated carbocycles. The Hall–Kier alpha value is -1.68. The highest BCUT2D eigenvalue weighted by Crippen LogP contribution is 2.34. The van der Waals surface area contributed by atoms with Gasteiger partial charge in [-0.15, -0.1) is 0 Å². The Bertz CT molecular complexity index is 601. The van der Waals surface area contributed by atoms with Gasteiger partial charge in [-0.25, -0.2) is 14.4 Å². The van der Waals surface area contributed by atoms with Gasteiger partial charge in [0, 0.05) is 17.8 Å². The zero-order chi connectivity index (χ0) is 14.7. The number of hydrogen-bond acceptors (Lipinski definition) is 3. The van der Waals surface area contributed by atoms with Crippen LogP contribution in [-0.4, -0.2) is 16.5 Å². The largest absolute Gasteiger partial charge is 0.326 e. The summed E-state index contributed by atoms with van der Waals surface area (Å²) >= 11 is 6.19. The van der Waals surface area contributed by atoms with Crippen molar-refractivity contribution in [3.05, 3.63) is 47.1 Å². The molecule has 0 amide bonds. The molecule has 1 heterocycles. The van der Waals surface area contributed by atoms with Crippen molar-refractivity contribution >= 4 is 23.1 Å². The number of benzene rings is 1. The zero-order valence-electron chi connectivity index (χ0n) is 11.8. The number of aromatic nitrogens is 2. The molecule has 0 aliphatic heterocycles. The van der Waals surface area contributed by atoms with Crippen LogP contribution in [0, 0.1) is 5.82 Å². The van der Waals surface area contributed by atoms with Crippen molar-refractivity contribution in [2.45, 2.75) is 26.7 Å². The van der Waals surface area contributed by atoms with E-state index in [1.165, 1.54) is 18.5 Å². The highest BCUT2D eigenvalue weighted by Gasteiger charge is 2.19. The summed E-state index contributed by atoms with van der Waals surface area (Å²) < 4.78 is 13.4. The fourth-order valence-electron chi connectivity index (χ4n) is 2.18. The Kier molecular flexibility index (Phi) is 4.55. The number of anilines is 2. The van der Waals surface area contributed by atoms with Gasteiger partial charge in [0.1, 0.15) is 23.1 Å². The predicted octanol–water partition coefficient (Wildman–Crippen LogP) is 4.55. The van der Waals surface area contributed by atoms with Crippen molar-refractivity contribution in [1.29, 1.82) is 0 Å². The number of halogens is 2. The molecule has 0 spiro atoms. The van der Waals surface area contributed by atoms with E-state index in [2.05, 4.69) is 9.97 Å². The smallest absolute Gasteiger partial charge is 0.141 e. The summed E-state index contributed by atoms with van der Waals surface area (Å²) in [6.45, 7) is 6.72. The highest BCUT2D eigenvalue weighted by molar-refractivity contribution is 6.30. The van der Waals surface area contributed by atoms with Crippen molar-refractivity contribution in [1.82, 2.24) is 9.97 Å². The van der Waals surface area contributed by atoms with Gasteiger partial charge >= 0.3 is 0 Å². The maximum atomic E-state index is 13.4. The third kappa shape index (κ3) is 2.90. The van der Waals surface area contributed by atoms with E-state index in [9.17, 15) is 4.39 Å². The molecule has 0 radical (unpaired) electrons. The first-order valence-corrected chi connectivity index (χ1v) is 6.95. The van der Waals surface area contributed by atoms with Crippen LogP contribution in [0.1, 0.15) is 32.3 Å². The maximum absolute atomic E-state index is 13.4. The summed E-state index contributed by atoms with van der Waals surface area (Å²) in [5, 5.41) is 0.444. The van der Waals surface area contributed by atoms with Crippen molar-refractivity contribution in [3.8, 4) is 0 Å². The highest BCUT2D eigenvalue weighted by atomic mass is 35.5. The lowest BCUT2D eigenvalue weighted by Crippen LogP contribution is -2.20. The zero-order valence-corrected chi connectivity index (χ0v) is 12.5. The maximum Gasteiger partial charge on any atom is 0.141 e. The Morgan fingerprint density at radius 3 is 2.65 bits per heavy atom. The first-order valence-electron chi connectivity index (χ1n) is 6.58. The van der Waals surface area contributed by atoms with Crippen LogP contribution in [0.25, 0.3) is 0 Å². The lowest BCUT2D eigenvalue weighted by molar-refractivity contribution is 0.627. The van der Waals surface area contributed by atoms with Gasteiger partial charge in [-0.1, -0.05) is 31.5 Å². The molecule has 20 heavy (non-hydrogen) atoms. The fourth-order valence-corrected chi connectivity index (χ4v) is 2.52. The van der Waals surface area contributed by atoms with E-state index in [4.69, 9.17) is 11.6 Å². The lowest BCUT2D eigenvalue weighted by atomic mass is 10.1. The first-order chi connectivity index (χ1) is 9.54. The molecule has 0 unspecified atom stereocenters. The minimum atomic E-state index is -0.271. The molecule has 106 valence electrons. The van der Waals surface area contributed by atoms with E-state index in [1.54, 1.807) is 6.07 Å². The molecule has 1 aromatic carbocycles. The van der Waals surface area contributed by atoms with Crippen LogP contribution in [-0.2, 0) is 0 Å². The van der Waals surface area contributed by atoms with Gasteiger partial charge in [-0.05, 0) is 31.0 Å². The van der Waals surface area contributed by atoms with Gasteiger partial charge in [0.25, 0.3) is 0 Å². The first kappa shape index (κ1) is 14.7. The van der Waals surface area contributed by atoms with Crippen LogP contribution in [0.3, 0.4) is 0 Å². The molecule has 1 aromatic heterocycles. The molecule has 2 rings (SSSR count). The second-order valence-electron chi connectivity index (χ2n) is 4.78. The van der Waals surface area contributed by atoms with Crippen LogP contribution in [0.2, 0.25) is 5.15 Å². The molecule has 0 aliphatic carbocycles. The summed E-state index contributed by atoms with van der Waals surface area (Å²) in [7, 11) is 0. The molecular formula is C15H17ClFN3. The molecule has 0 fully saturated rings. The molecule has 0 aliphatic rings. The van der Waals surface area contributed by atoms with E-state index in [1.807, 2.05) is 31.7 Å². The SMILES string of the molecule is CCN(c1cccc(F)c1)c1ncnc(Cl)c1C(C)C. The molecule has 5 heteroatoms. The van der Waals surface area contributed by atoms with Crippen molar-refractivity contribution in [2.75, 3.05) is 11.4 Å². The molecular weight excluding hydrogens is 277 g/mol. The van der Waals surface area contributed by atoms with Crippen LogP contribution < -0.4 is 4.90 Å². The molecule has 0 bridgehead atoms. The summed E-state index contributed by atoms with van der Waals surface area (Å²) in [6, 6.07) is 6.45. The average molecular weight is 294 g/mol. The predicted molar refractivity (Wildman–Crippen MR) is 80.2 cm³/mol. The summed E-state index contributed by atoms with van der Waals surface area (Å²) in [6.07, 6.45) is 1.44. The average Bonchev–Trinajstić information content (AvgIpc) is 2.39. The number of hydrogen-bond donors (Lipinski definition) is 0. The van der Waals surface area contributed by atoms with Crippen molar-refractivity contribution in [3.63, 3.8) is 0 Å². The van der Waals surface area contributed by atoms with Crippen LogP contribution in [0.15, 0.2) is 30.6 Å².